The molecule has 0 spiro atoms. The van der Waals surface area contributed by atoms with Crippen molar-refractivity contribution in [3.05, 3.63) is 29.8 Å². The zero-order chi connectivity index (χ0) is 14.0. The molecule has 1 aromatic rings. The van der Waals surface area contributed by atoms with Gasteiger partial charge in [0.1, 0.15) is 17.3 Å². The number of carbonyl (C=O) groups is 2. The van der Waals surface area contributed by atoms with Gasteiger partial charge >= 0.3 is 5.97 Å². The van der Waals surface area contributed by atoms with E-state index in [9.17, 15) is 18.4 Å². The van der Waals surface area contributed by atoms with Crippen LogP contribution in [-0.4, -0.2) is 17.0 Å². The van der Waals surface area contributed by atoms with Gasteiger partial charge in [0, 0.05) is 0 Å². The van der Waals surface area contributed by atoms with Crippen LogP contribution in [-0.2, 0) is 9.59 Å². The van der Waals surface area contributed by atoms with Gasteiger partial charge in [-0.2, -0.15) is 0 Å². The molecule has 0 aromatic heterocycles. The van der Waals surface area contributed by atoms with Gasteiger partial charge in [-0.15, -0.1) is 0 Å². The highest BCUT2D eigenvalue weighted by Crippen LogP contribution is 2.33. The molecule has 0 heterocycles. The molecule has 2 rings (SSSR count). The lowest BCUT2D eigenvalue weighted by Gasteiger charge is -2.16. The van der Waals surface area contributed by atoms with Crippen LogP contribution >= 0.6 is 0 Å². The van der Waals surface area contributed by atoms with Gasteiger partial charge in [-0.05, 0) is 25.0 Å². The smallest absolute Gasteiger partial charge is 0.307 e. The predicted molar refractivity (Wildman–Crippen MR) is 63.5 cm³/mol. The molecule has 1 fully saturated rings. The lowest BCUT2D eigenvalue weighted by atomic mass is 9.95. The molecule has 1 aromatic carbocycles. The molecule has 0 saturated heterocycles. The summed E-state index contributed by atoms with van der Waals surface area (Å²) < 4.78 is 26.8. The number of nitrogens with one attached hydrogen (secondary N) is 1. The maximum Gasteiger partial charge on any atom is 0.307 e. The normalized spacial score (nSPS) is 22.2. The summed E-state index contributed by atoms with van der Waals surface area (Å²) in [5, 5.41) is 11.1. The van der Waals surface area contributed by atoms with Crippen molar-refractivity contribution in [3.63, 3.8) is 0 Å². The first-order valence-electron chi connectivity index (χ1n) is 5.98. The van der Waals surface area contributed by atoms with Crippen molar-refractivity contribution in [2.75, 3.05) is 5.32 Å². The van der Waals surface area contributed by atoms with Crippen LogP contribution in [0, 0.1) is 23.5 Å². The van der Waals surface area contributed by atoms with E-state index in [2.05, 4.69) is 5.32 Å². The van der Waals surface area contributed by atoms with E-state index in [1.807, 2.05) is 0 Å². The molecule has 1 amide bonds. The largest absolute Gasteiger partial charge is 0.481 e. The lowest BCUT2D eigenvalue weighted by molar-refractivity contribution is -0.145. The highest BCUT2D eigenvalue weighted by Gasteiger charge is 2.38. The highest BCUT2D eigenvalue weighted by molar-refractivity contribution is 5.95. The van der Waals surface area contributed by atoms with Crippen molar-refractivity contribution in [1.29, 1.82) is 0 Å². The van der Waals surface area contributed by atoms with E-state index in [0.717, 1.165) is 12.1 Å². The first-order valence-corrected chi connectivity index (χ1v) is 5.98. The van der Waals surface area contributed by atoms with Gasteiger partial charge in [-0.25, -0.2) is 8.78 Å². The van der Waals surface area contributed by atoms with Gasteiger partial charge in [-0.1, -0.05) is 12.5 Å². The van der Waals surface area contributed by atoms with E-state index in [-0.39, 0.29) is 0 Å². The van der Waals surface area contributed by atoms with Crippen molar-refractivity contribution in [3.8, 4) is 0 Å². The molecule has 19 heavy (non-hydrogen) atoms. The monoisotopic (exact) mass is 269 g/mol. The number of carboxylic acids is 1. The number of para-hydroxylation sites is 1. The molecule has 102 valence electrons. The van der Waals surface area contributed by atoms with Crippen molar-refractivity contribution in [2.24, 2.45) is 11.8 Å². The third-order valence-corrected chi connectivity index (χ3v) is 3.38. The third kappa shape index (κ3) is 2.72. The number of aliphatic carboxylic acids is 1. The second kappa shape index (κ2) is 5.34. The number of rotatable bonds is 3. The number of halogens is 2. The van der Waals surface area contributed by atoms with Crippen LogP contribution in [0.1, 0.15) is 19.3 Å². The molecule has 6 heteroatoms. The zero-order valence-corrected chi connectivity index (χ0v) is 10.0. The van der Waals surface area contributed by atoms with Crippen LogP contribution in [0.2, 0.25) is 0 Å². The van der Waals surface area contributed by atoms with Gasteiger partial charge < -0.3 is 10.4 Å². The van der Waals surface area contributed by atoms with E-state index in [1.54, 1.807) is 0 Å². The summed E-state index contributed by atoms with van der Waals surface area (Å²) in [7, 11) is 0. The Hall–Kier alpha value is -1.98. The quantitative estimate of drug-likeness (QED) is 0.885. The van der Waals surface area contributed by atoms with Crippen LogP contribution in [0.15, 0.2) is 18.2 Å². The average molecular weight is 269 g/mol. The Morgan fingerprint density at radius 3 is 2.32 bits per heavy atom. The first kappa shape index (κ1) is 13.5. The number of carbonyl (C=O) groups excluding carboxylic acids is 1. The summed E-state index contributed by atoms with van der Waals surface area (Å²) in [4.78, 5) is 22.9. The van der Waals surface area contributed by atoms with Gasteiger partial charge in [0.25, 0.3) is 0 Å². The fourth-order valence-corrected chi connectivity index (χ4v) is 2.40. The molecule has 0 aliphatic heterocycles. The third-order valence-electron chi connectivity index (χ3n) is 3.38. The topological polar surface area (TPSA) is 66.4 Å². The molecule has 2 atom stereocenters. The fourth-order valence-electron chi connectivity index (χ4n) is 2.40. The molecule has 2 unspecified atom stereocenters. The Morgan fingerprint density at radius 1 is 1.16 bits per heavy atom. The van der Waals surface area contributed by atoms with Crippen LogP contribution in [0.25, 0.3) is 0 Å². The lowest BCUT2D eigenvalue weighted by Crippen LogP contribution is -2.30. The van der Waals surface area contributed by atoms with Gasteiger partial charge in [-0.3, -0.25) is 9.59 Å². The molecule has 0 bridgehead atoms. The molecular formula is C13H13F2NO3. The second-order valence-corrected chi connectivity index (χ2v) is 4.57. The Bertz CT molecular complexity index is 498. The highest BCUT2D eigenvalue weighted by atomic mass is 19.1. The van der Waals surface area contributed by atoms with Gasteiger partial charge in [0.2, 0.25) is 5.91 Å². The molecule has 1 saturated carbocycles. The summed E-state index contributed by atoms with van der Waals surface area (Å²) in [5.41, 5.74) is -0.525. The van der Waals surface area contributed by atoms with E-state index in [4.69, 9.17) is 5.11 Å². The summed E-state index contributed by atoms with van der Waals surface area (Å²) in [6.07, 6.45) is 1.45. The first-order chi connectivity index (χ1) is 9.00. The molecule has 1 aliphatic carbocycles. The van der Waals surface area contributed by atoms with E-state index in [0.29, 0.717) is 19.3 Å². The zero-order valence-electron chi connectivity index (χ0n) is 10.0. The van der Waals surface area contributed by atoms with Crippen molar-refractivity contribution in [2.45, 2.75) is 19.3 Å². The minimum absolute atomic E-state index is 0.410. The van der Waals surface area contributed by atoms with Crippen molar-refractivity contribution < 1.29 is 23.5 Å². The number of anilines is 1. The Labute approximate surface area is 108 Å². The van der Waals surface area contributed by atoms with Gasteiger partial charge in [0.15, 0.2) is 0 Å². The molecule has 1 aliphatic rings. The SMILES string of the molecule is O=C(O)C1CCCC1C(=O)Nc1c(F)cccc1F. The Balaban J connectivity index is 2.15. The summed E-state index contributed by atoms with van der Waals surface area (Å²) in [6.45, 7) is 0. The minimum Gasteiger partial charge on any atom is -0.481 e. The van der Waals surface area contributed by atoms with Crippen LogP contribution in [0.4, 0.5) is 14.5 Å². The van der Waals surface area contributed by atoms with Crippen LogP contribution < -0.4 is 5.32 Å². The standard InChI is InChI=1S/C13H13F2NO3/c14-9-5-2-6-10(15)11(9)16-12(17)7-3-1-4-8(7)13(18)19/h2,5-8H,1,3-4H2,(H,16,17)(H,18,19). The van der Waals surface area contributed by atoms with E-state index < -0.39 is 41.0 Å². The maximum absolute atomic E-state index is 13.4. The Kier molecular flexibility index (Phi) is 3.78. The van der Waals surface area contributed by atoms with Crippen LogP contribution in [0.5, 0.6) is 0 Å². The molecule has 0 radical (unpaired) electrons. The van der Waals surface area contributed by atoms with Crippen molar-refractivity contribution >= 4 is 17.6 Å². The maximum atomic E-state index is 13.4. The number of benzene rings is 1. The Morgan fingerprint density at radius 2 is 1.74 bits per heavy atom. The molecular weight excluding hydrogens is 256 g/mol. The van der Waals surface area contributed by atoms with E-state index in [1.165, 1.54) is 6.07 Å². The second-order valence-electron chi connectivity index (χ2n) is 4.57. The minimum atomic E-state index is -1.05. The summed E-state index contributed by atoms with van der Waals surface area (Å²) in [5.74, 6) is -4.97. The number of hydrogen-bond acceptors (Lipinski definition) is 2. The fraction of sp³-hybridized carbons (Fsp3) is 0.385. The van der Waals surface area contributed by atoms with Crippen LogP contribution in [0.3, 0.4) is 0 Å². The number of hydrogen-bond donors (Lipinski definition) is 2. The van der Waals surface area contributed by atoms with E-state index >= 15 is 0 Å². The number of amides is 1. The average Bonchev–Trinajstić information content (AvgIpc) is 2.83. The number of carboxylic acid groups (broad SMARTS) is 1. The molecule has 4 nitrogen and oxygen atoms in total. The summed E-state index contributed by atoms with van der Waals surface area (Å²) >= 11 is 0. The summed E-state index contributed by atoms with van der Waals surface area (Å²) in [6, 6.07) is 3.25. The predicted octanol–water partition coefficient (Wildman–Crippen LogP) is 2.40. The molecule has 2 N–H and O–H groups in total. The van der Waals surface area contributed by atoms with Gasteiger partial charge in [0.05, 0.1) is 11.8 Å². The van der Waals surface area contributed by atoms with Crippen molar-refractivity contribution in [1.82, 2.24) is 0 Å².